The van der Waals surface area contributed by atoms with Gasteiger partial charge in [0.1, 0.15) is 6.73 Å². The van der Waals surface area contributed by atoms with Crippen LogP contribution in [0.25, 0.3) is 33.3 Å². The van der Waals surface area contributed by atoms with Gasteiger partial charge in [0.25, 0.3) is 0 Å². The summed E-state index contributed by atoms with van der Waals surface area (Å²) in [6.45, 7) is 9.62. The molecule has 0 saturated carbocycles. The fourth-order valence-corrected chi connectivity index (χ4v) is 4.16. The van der Waals surface area contributed by atoms with Crippen LogP contribution >= 0.6 is 11.6 Å². The van der Waals surface area contributed by atoms with Crippen molar-refractivity contribution in [2.45, 2.75) is 39.0 Å². The molecule has 3 aromatic carbocycles. The second kappa shape index (κ2) is 8.38. The first-order chi connectivity index (χ1) is 14.3. The van der Waals surface area contributed by atoms with Crippen LogP contribution in [0.15, 0.2) is 73.1 Å². The Labute approximate surface area is 184 Å². The Morgan fingerprint density at radius 1 is 0.933 bits per heavy atom. The maximum absolute atomic E-state index is 6.62. The van der Waals surface area contributed by atoms with Crippen molar-refractivity contribution in [1.29, 1.82) is 0 Å². The molecule has 30 heavy (non-hydrogen) atoms. The van der Waals surface area contributed by atoms with E-state index in [4.69, 9.17) is 16.3 Å². The van der Waals surface area contributed by atoms with Gasteiger partial charge in [-0.05, 0) is 35.7 Å². The van der Waals surface area contributed by atoms with E-state index in [1.54, 1.807) is 0 Å². The monoisotopic (exact) mass is 434 g/mol. The van der Waals surface area contributed by atoms with E-state index in [2.05, 4.69) is 90.7 Å². The van der Waals surface area contributed by atoms with Crippen LogP contribution in [-0.2, 0) is 11.5 Å². The molecule has 154 valence electrons. The van der Waals surface area contributed by atoms with Gasteiger partial charge < -0.3 is 9.30 Å². The van der Waals surface area contributed by atoms with E-state index in [-0.39, 0.29) is 5.73 Å². The highest BCUT2D eigenvalue weighted by molar-refractivity contribution is 6.77. The van der Waals surface area contributed by atoms with E-state index in [0.29, 0.717) is 11.8 Å². The molecule has 4 rings (SSSR count). The summed E-state index contributed by atoms with van der Waals surface area (Å²) in [5, 5.41) is 0.705. The lowest BCUT2D eigenvalue weighted by molar-refractivity contribution is 0.0589. The first-order valence-electron chi connectivity index (χ1n) is 10.2. The second-order valence-corrected chi connectivity index (χ2v) is 14.7. The molecule has 3 nitrogen and oxygen atoms in total. The minimum Gasteiger partial charge on any atom is -0.361 e. The lowest BCUT2D eigenvalue weighted by atomic mass is 10.00. The van der Waals surface area contributed by atoms with Gasteiger partial charge in [-0.3, -0.25) is 0 Å². The Kier molecular flexibility index (Phi) is 5.83. The molecule has 0 fully saturated rings. The maximum Gasteiger partial charge on any atom is 0.124 e. The number of fused-ring (bicyclic) bond motifs is 1. The van der Waals surface area contributed by atoms with E-state index in [1.165, 1.54) is 11.1 Å². The molecule has 5 heteroatoms. The summed E-state index contributed by atoms with van der Waals surface area (Å²) in [6, 6.07) is 23.0. The van der Waals surface area contributed by atoms with Crippen molar-refractivity contribution in [3.63, 3.8) is 0 Å². The first-order valence-corrected chi connectivity index (χ1v) is 14.2. The lowest BCUT2D eigenvalue weighted by Crippen LogP contribution is -2.38. The highest BCUT2D eigenvalue weighted by Gasteiger charge is 2.23. The standard InChI is InChI=1S/C25H27ClN2OSi/c1-18(30(2,3)4)29-17-28-16-27-24-15-23(26)22(14-25(24)28)21-12-10-20(11-13-21)19-8-6-5-7-9-19/h5-16,18H,17H2,1-4H3. The van der Waals surface area contributed by atoms with E-state index < -0.39 is 8.07 Å². The molecule has 0 saturated heterocycles. The molecule has 0 aliphatic heterocycles. The average molecular weight is 435 g/mol. The van der Waals surface area contributed by atoms with Crippen LogP contribution in [0.5, 0.6) is 0 Å². The van der Waals surface area contributed by atoms with Crippen LogP contribution in [0.3, 0.4) is 0 Å². The summed E-state index contributed by atoms with van der Waals surface area (Å²) in [5.74, 6) is 0. The number of hydrogen-bond donors (Lipinski definition) is 0. The summed E-state index contributed by atoms with van der Waals surface area (Å²) < 4.78 is 8.21. The molecule has 1 unspecified atom stereocenters. The van der Waals surface area contributed by atoms with Crippen molar-refractivity contribution >= 4 is 30.7 Å². The molecular weight excluding hydrogens is 408 g/mol. The Morgan fingerprint density at radius 2 is 1.57 bits per heavy atom. The average Bonchev–Trinajstić information content (AvgIpc) is 3.13. The van der Waals surface area contributed by atoms with Gasteiger partial charge in [0.15, 0.2) is 0 Å². The number of aromatic nitrogens is 2. The summed E-state index contributed by atoms with van der Waals surface area (Å²) in [6.07, 6.45) is 1.83. The fraction of sp³-hybridized carbons (Fsp3) is 0.240. The van der Waals surface area contributed by atoms with Crippen molar-refractivity contribution in [3.8, 4) is 22.3 Å². The number of benzene rings is 3. The van der Waals surface area contributed by atoms with Gasteiger partial charge in [0.2, 0.25) is 0 Å². The zero-order valence-corrected chi connectivity index (χ0v) is 19.6. The number of hydrogen-bond acceptors (Lipinski definition) is 2. The molecule has 0 spiro atoms. The van der Waals surface area contributed by atoms with Crippen molar-refractivity contribution in [2.75, 3.05) is 0 Å². The zero-order valence-electron chi connectivity index (χ0n) is 17.9. The number of ether oxygens (including phenoxy) is 1. The van der Waals surface area contributed by atoms with Crippen molar-refractivity contribution in [1.82, 2.24) is 9.55 Å². The van der Waals surface area contributed by atoms with Crippen molar-refractivity contribution in [2.24, 2.45) is 0 Å². The van der Waals surface area contributed by atoms with Crippen molar-refractivity contribution in [3.05, 3.63) is 78.1 Å². The molecular formula is C25H27ClN2OSi. The molecule has 1 aromatic heterocycles. The van der Waals surface area contributed by atoms with Gasteiger partial charge in [0.05, 0.1) is 30.5 Å². The SMILES string of the molecule is CC(OCn1cnc2cc(Cl)c(-c3ccc(-c4ccccc4)cc3)cc21)[Si](C)(C)C. The van der Waals surface area contributed by atoms with Crippen LogP contribution in [0.1, 0.15) is 6.92 Å². The number of halogens is 1. The molecule has 0 bridgehead atoms. The Morgan fingerprint density at radius 3 is 2.23 bits per heavy atom. The van der Waals surface area contributed by atoms with Gasteiger partial charge in [-0.25, -0.2) is 4.98 Å². The van der Waals surface area contributed by atoms with Gasteiger partial charge in [-0.15, -0.1) is 0 Å². The number of rotatable bonds is 6. The largest absolute Gasteiger partial charge is 0.361 e. The minimum atomic E-state index is -1.34. The summed E-state index contributed by atoms with van der Waals surface area (Å²) >= 11 is 6.62. The van der Waals surface area contributed by atoms with Crippen LogP contribution in [0.4, 0.5) is 0 Å². The molecule has 0 aliphatic rings. The Hall–Kier alpha value is -2.40. The number of nitrogens with zero attached hydrogens (tertiary/aromatic N) is 2. The second-order valence-electron chi connectivity index (χ2n) is 8.78. The van der Waals surface area contributed by atoms with Crippen LogP contribution in [0, 0.1) is 0 Å². The van der Waals surface area contributed by atoms with E-state index in [9.17, 15) is 0 Å². The lowest BCUT2D eigenvalue weighted by Gasteiger charge is -2.25. The molecule has 0 N–H and O–H groups in total. The zero-order chi connectivity index (χ0) is 21.3. The quantitative estimate of drug-likeness (QED) is 0.298. The molecule has 0 amide bonds. The van der Waals surface area contributed by atoms with Gasteiger partial charge in [-0.2, -0.15) is 0 Å². The Bertz CT molecular complexity index is 1150. The van der Waals surface area contributed by atoms with Crippen LogP contribution in [-0.4, -0.2) is 23.4 Å². The maximum atomic E-state index is 6.62. The van der Waals surface area contributed by atoms with Crippen molar-refractivity contribution < 1.29 is 4.74 Å². The molecule has 0 aliphatic carbocycles. The highest BCUT2D eigenvalue weighted by Crippen LogP contribution is 2.33. The van der Waals surface area contributed by atoms with Crippen LogP contribution < -0.4 is 0 Å². The fourth-order valence-electron chi connectivity index (χ4n) is 3.32. The third-order valence-corrected chi connectivity index (χ3v) is 8.61. The number of imidazole rings is 1. The van der Waals surface area contributed by atoms with E-state index in [0.717, 1.165) is 22.2 Å². The summed E-state index contributed by atoms with van der Waals surface area (Å²) in [4.78, 5) is 4.52. The summed E-state index contributed by atoms with van der Waals surface area (Å²) in [7, 11) is -1.34. The van der Waals surface area contributed by atoms with Gasteiger partial charge in [0, 0.05) is 11.3 Å². The predicted octanol–water partition coefficient (Wildman–Crippen LogP) is 7.26. The van der Waals surface area contributed by atoms with Gasteiger partial charge in [-0.1, -0.05) is 85.8 Å². The highest BCUT2D eigenvalue weighted by atomic mass is 35.5. The minimum absolute atomic E-state index is 0.271. The smallest absolute Gasteiger partial charge is 0.124 e. The van der Waals surface area contributed by atoms with Crippen LogP contribution in [0.2, 0.25) is 24.7 Å². The Balaban J connectivity index is 1.64. The van der Waals surface area contributed by atoms with E-state index in [1.807, 2.05) is 18.5 Å². The summed E-state index contributed by atoms with van der Waals surface area (Å²) in [5.41, 5.74) is 6.67. The molecule has 0 radical (unpaired) electrons. The topological polar surface area (TPSA) is 27.1 Å². The first kappa shape index (κ1) is 20.9. The normalized spacial score (nSPS) is 13.0. The molecule has 1 heterocycles. The molecule has 4 aromatic rings. The predicted molar refractivity (Wildman–Crippen MR) is 130 cm³/mol. The molecule has 1 atom stereocenters. The van der Waals surface area contributed by atoms with Gasteiger partial charge >= 0.3 is 0 Å². The third-order valence-electron chi connectivity index (χ3n) is 5.70. The van der Waals surface area contributed by atoms with E-state index >= 15 is 0 Å². The third kappa shape index (κ3) is 4.36.